The summed E-state index contributed by atoms with van der Waals surface area (Å²) in [5.74, 6) is -0.170. The van der Waals surface area contributed by atoms with Crippen molar-refractivity contribution in [3.05, 3.63) is 28.8 Å². The van der Waals surface area contributed by atoms with Crippen molar-refractivity contribution in [1.82, 2.24) is 10.2 Å². The number of nitrogens with zero attached hydrogens (tertiary/aromatic N) is 1. The monoisotopic (exact) mass is 282 g/mol. The first-order valence-corrected chi connectivity index (χ1v) is 6.96. The molecule has 104 valence electrons. The van der Waals surface area contributed by atoms with Crippen LogP contribution in [-0.4, -0.2) is 41.6 Å². The first-order valence-electron chi connectivity index (χ1n) is 6.58. The third kappa shape index (κ3) is 3.61. The molecular formula is C14H19ClN2O2. The molecule has 1 atom stereocenters. The van der Waals surface area contributed by atoms with Gasteiger partial charge in [0.1, 0.15) is 5.75 Å². The Hall–Kier alpha value is -1.26. The Balaban J connectivity index is 1.88. The number of phenolic OH excluding ortho intramolecular Hbond substituents is 1. The zero-order chi connectivity index (χ0) is 13.8. The highest BCUT2D eigenvalue weighted by Crippen LogP contribution is 2.23. The lowest BCUT2D eigenvalue weighted by molar-refractivity contribution is 0.0940. The predicted octanol–water partition coefficient (Wildman–Crippen LogP) is 2.26. The average molecular weight is 283 g/mol. The predicted molar refractivity (Wildman–Crippen MR) is 75.7 cm³/mol. The van der Waals surface area contributed by atoms with Gasteiger partial charge in [-0.15, -0.1) is 0 Å². The SMILES string of the molecule is CC(CNC(=O)c1ccc(O)c(Cl)c1)N1CCCC1. The summed E-state index contributed by atoms with van der Waals surface area (Å²) in [5, 5.41) is 12.4. The number of carbonyl (C=O) groups excluding carboxylic acids is 1. The Morgan fingerprint density at radius 2 is 2.16 bits per heavy atom. The summed E-state index contributed by atoms with van der Waals surface area (Å²) in [6, 6.07) is 4.82. The third-order valence-electron chi connectivity index (χ3n) is 3.53. The average Bonchev–Trinajstić information content (AvgIpc) is 2.92. The highest BCUT2D eigenvalue weighted by atomic mass is 35.5. The molecule has 1 aliphatic rings. The fourth-order valence-electron chi connectivity index (χ4n) is 2.30. The first-order chi connectivity index (χ1) is 9.08. The second kappa shape index (κ2) is 6.26. The summed E-state index contributed by atoms with van der Waals surface area (Å²) in [6.07, 6.45) is 2.48. The highest BCUT2D eigenvalue weighted by Gasteiger charge is 2.18. The molecule has 2 N–H and O–H groups in total. The van der Waals surface area contributed by atoms with E-state index in [0.29, 0.717) is 18.2 Å². The lowest BCUT2D eigenvalue weighted by Crippen LogP contribution is -2.40. The van der Waals surface area contributed by atoms with E-state index in [1.165, 1.54) is 25.0 Å². The van der Waals surface area contributed by atoms with Crippen molar-refractivity contribution in [2.24, 2.45) is 0 Å². The number of rotatable bonds is 4. The van der Waals surface area contributed by atoms with E-state index in [1.54, 1.807) is 6.07 Å². The number of hydrogen-bond acceptors (Lipinski definition) is 3. The van der Waals surface area contributed by atoms with Crippen molar-refractivity contribution in [3.63, 3.8) is 0 Å². The van der Waals surface area contributed by atoms with Crippen LogP contribution in [0.2, 0.25) is 5.02 Å². The summed E-state index contributed by atoms with van der Waals surface area (Å²) in [6.45, 7) is 4.97. The molecule has 0 aromatic heterocycles. The van der Waals surface area contributed by atoms with Gasteiger partial charge in [-0.1, -0.05) is 11.6 Å². The number of hydrogen-bond donors (Lipinski definition) is 2. The van der Waals surface area contributed by atoms with Gasteiger partial charge in [0.15, 0.2) is 0 Å². The van der Waals surface area contributed by atoms with Crippen molar-refractivity contribution >= 4 is 17.5 Å². The summed E-state index contributed by atoms with van der Waals surface area (Å²) < 4.78 is 0. The largest absolute Gasteiger partial charge is 0.506 e. The molecule has 5 heteroatoms. The van der Waals surface area contributed by atoms with Crippen LogP contribution in [0.15, 0.2) is 18.2 Å². The molecule has 1 aliphatic heterocycles. The zero-order valence-corrected chi connectivity index (χ0v) is 11.8. The summed E-state index contributed by atoms with van der Waals surface area (Å²) in [4.78, 5) is 14.3. The maximum atomic E-state index is 12.0. The maximum absolute atomic E-state index is 12.0. The van der Waals surface area contributed by atoms with Gasteiger partial charge >= 0.3 is 0 Å². The van der Waals surface area contributed by atoms with Crippen molar-refractivity contribution in [1.29, 1.82) is 0 Å². The van der Waals surface area contributed by atoms with E-state index in [-0.39, 0.29) is 16.7 Å². The molecule has 1 saturated heterocycles. The zero-order valence-electron chi connectivity index (χ0n) is 11.0. The molecule has 1 heterocycles. The molecule has 1 fully saturated rings. The van der Waals surface area contributed by atoms with Crippen LogP contribution >= 0.6 is 11.6 Å². The molecule has 1 unspecified atom stereocenters. The van der Waals surface area contributed by atoms with Gasteiger partial charge in [0.25, 0.3) is 5.91 Å². The van der Waals surface area contributed by atoms with E-state index in [4.69, 9.17) is 11.6 Å². The van der Waals surface area contributed by atoms with Crippen molar-refractivity contribution in [2.45, 2.75) is 25.8 Å². The van der Waals surface area contributed by atoms with Crippen molar-refractivity contribution in [3.8, 4) is 5.75 Å². The number of halogens is 1. The molecule has 1 amide bonds. The highest BCUT2D eigenvalue weighted by molar-refractivity contribution is 6.32. The molecule has 4 nitrogen and oxygen atoms in total. The Kier molecular flexibility index (Phi) is 4.66. The fourth-order valence-corrected chi connectivity index (χ4v) is 2.48. The molecule has 0 aliphatic carbocycles. The number of phenols is 1. The van der Waals surface area contributed by atoms with Crippen LogP contribution in [0, 0.1) is 0 Å². The van der Waals surface area contributed by atoms with Crippen LogP contribution in [0.4, 0.5) is 0 Å². The number of likely N-dealkylation sites (tertiary alicyclic amines) is 1. The standard InChI is InChI=1S/C14H19ClN2O2/c1-10(17-6-2-3-7-17)9-16-14(19)11-4-5-13(18)12(15)8-11/h4-5,8,10,18H,2-3,6-7,9H2,1H3,(H,16,19). The van der Waals surface area contributed by atoms with Crippen LogP contribution in [0.25, 0.3) is 0 Å². The van der Waals surface area contributed by atoms with Gasteiger partial charge in [0.05, 0.1) is 5.02 Å². The summed E-state index contributed by atoms with van der Waals surface area (Å²) in [5.41, 5.74) is 0.469. The van der Waals surface area contributed by atoms with E-state index < -0.39 is 0 Å². The molecule has 1 aromatic carbocycles. The van der Waals surface area contributed by atoms with Crippen LogP contribution < -0.4 is 5.32 Å². The lowest BCUT2D eigenvalue weighted by Gasteiger charge is -2.23. The number of amides is 1. The molecule has 0 spiro atoms. The molecule has 0 saturated carbocycles. The van der Waals surface area contributed by atoms with Crippen LogP contribution in [0.5, 0.6) is 5.75 Å². The second-order valence-electron chi connectivity index (χ2n) is 4.97. The van der Waals surface area contributed by atoms with Gasteiger partial charge in [0, 0.05) is 18.2 Å². The quantitative estimate of drug-likeness (QED) is 0.891. The van der Waals surface area contributed by atoms with E-state index in [9.17, 15) is 9.90 Å². The molecule has 0 bridgehead atoms. The second-order valence-corrected chi connectivity index (χ2v) is 5.38. The van der Waals surface area contributed by atoms with Crippen LogP contribution in [0.1, 0.15) is 30.1 Å². The molecule has 1 aromatic rings. The molecule has 19 heavy (non-hydrogen) atoms. The molecule has 0 radical (unpaired) electrons. The van der Waals surface area contributed by atoms with Gasteiger partial charge in [0.2, 0.25) is 0 Å². The van der Waals surface area contributed by atoms with Crippen LogP contribution in [0.3, 0.4) is 0 Å². The minimum absolute atomic E-state index is 0.0105. The molecule has 2 rings (SSSR count). The van der Waals surface area contributed by atoms with Gasteiger partial charge in [-0.3, -0.25) is 9.69 Å². The molecular weight excluding hydrogens is 264 g/mol. The topological polar surface area (TPSA) is 52.6 Å². The minimum Gasteiger partial charge on any atom is -0.506 e. The first kappa shape index (κ1) is 14.2. The van der Waals surface area contributed by atoms with Gasteiger partial charge in [-0.2, -0.15) is 0 Å². The van der Waals surface area contributed by atoms with Crippen molar-refractivity contribution in [2.75, 3.05) is 19.6 Å². The third-order valence-corrected chi connectivity index (χ3v) is 3.83. The maximum Gasteiger partial charge on any atom is 0.251 e. The van der Waals surface area contributed by atoms with E-state index in [0.717, 1.165) is 13.1 Å². The van der Waals surface area contributed by atoms with E-state index >= 15 is 0 Å². The smallest absolute Gasteiger partial charge is 0.251 e. The minimum atomic E-state index is -0.159. The Morgan fingerprint density at radius 1 is 1.47 bits per heavy atom. The summed E-state index contributed by atoms with van der Waals surface area (Å²) in [7, 11) is 0. The Bertz CT molecular complexity index is 459. The van der Waals surface area contributed by atoms with Gasteiger partial charge < -0.3 is 10.4 Å². The number of nitrogens with one attached hydrogen (secondary N) is 1. The van der Waals surface area contributed by atoms with Crippen molar-refractivity contribution < 1.29 is 9.90 Å². The Morgan fingerprint density at radius 3 is 2.79 bits per heavy atom. The normalized spacial score (nSPS) is 17.4. The van der Waals surface area contributed by atoms with Gasteiger partial charge in [-0.05, 0) is 51.1 Å². The number of aromatic hydroxyl groups is 1. The number of benzene rings is 1. The lowest BCUT2D eigenvalue weighted by atomic mass is 10.2. The van der Waals surface area contributed by atoms with Gasteiger partial charge in [-0.25, -0.2) is 0 Å². The summed E-state index contributed by atoms with van der Waals surface area (Å²) >= 11 is 5.79. The van der Waals surface area contributed by atoms with E-state index in [1.807, 2.05) is 0 Å². The van der Waals surface area contributed by atoms with Crippen LogP contribution in [-0.2, 0) is 0 Å². The number of carbonyl (C=O) groups is 1. The fraction of sp³-hybridized carbons (Fsp3) is 0.500. The van der Waals surface area contributed by atoms with E-state index in [2.05, 4.69) is 17.1 Å². The Labute approximate surface area is 118 Å².